The molecule has 1 aliphatic heterocycles. The van der Waals surface area contributed by atoms with Gasteiger partial charge in [-0.1, -0.05) is 30.8 Å². The summed E-state index contributed by atoms with van der Waals surface area (Å²) in [6.45, 7) is 2.11. The van der Waals surface area contributed by atoms with Gasteiger partial charge in [-0.3, -0.25) is 9.36 Å². The van der Waals surface area contributed by atoms with Crippen LogP contribution < -0.4 is 10.3 Å². The third-order valence-corrected chi connectivity index (χ3v) is 7.18. The summed E-state index contributed by atoms with van der Waals surface area (Å²) in [4.78, 5) is 30.6. The van der Waals surface area contributed by atoms with E-state index in [1.54, 1.807) is 35.6 Å². The molecule has 0 spiro atoms. The zero-order valence-corrected chi connectivity index (χ0v) is 19.1. The highest BCUT2D eigenvalue weighted by atomic mass is 32.2. The number of hydrogen-bond donors (Lipinski definition) is 0. The van der Waals surface area contributed by atoms with Crippen LogP contribution in [0.2, 0.25) is 0 Å². The van der Waals surface area contributed by atoms with Gasteiger partial charge in [-0.05, 0) is 42.0 Å². The predicted molar refractivity (Wildman–Crippen MR) is 123 cm³/mol. The van der Waals surface area contributed by atoms with Crippen molar-refractivity contribution in [3.05, 3.63) is 75.7 Å². The van der Waals surface area contributed by atoms with Crippen LogP contribution in [0.3, 0.4) is 0 Å². The van der Waals surface area contributed by atoms with Gasteiger partial charge < -0.3 is 9.47 Å². The van der Waals surface area contributed by atoms with Crippen molar-refractivity contribution in [2.45, 2.75) is 34.4 Å². The molecule has 0 aliphatic carbocycles. The molecule has 0 radical (unpaired) electrons. The zero-order chi connectivity index (χ0) is 22.0. The molecule has 31 heavy (non-hydrogen) atoms. The Morgan fingerprint density at radius 3 is 2.52 bits per heavy atom. The number of aromatic nitrogens is 2. The van der Waals surface area contributed by atoms with Gasteiger partial charge in [0.25, 0.3) is 5.56 Å². The van der Waals surface area contributed by atoms with Crippen molar-refractivity contribution >= 4 is 29.5 Å². The molecule has 0 fully saturated rings. The molecule has 0 N–H and O–H groups in total. The van der Waals surface area contributed by atoms with E-state index in [0.717, 1.165) is 34.0 Å². The van der Waals surface area contributed by atoms with Crippen molar-refractivity contribution in [3.8, 4) is 11.4 Å². The lowest BCUT2D eigenvalue weighted by Gasteiger charge is -2.14. The normalized spacial score (nSPS) is 14.9. The van der Waals surface area contributed by atoms with Gasteiger partial charge in [-0.2, -0.15) is 0 Å². The summed E-state index contributed by atoms with van der Waals surface area (Å²) >= 11 is 3.09. The van der Waals surface area contributed by atoms with E-state index in [9.17, 15) is 9.59 Å². The molecule has 1 unspecified atom stereocenters. The van der Waals surface area contributed by atoms with Crippen LogP contribution in [-0.4, -0.2) is 35.0 Å². The van der Waals surface area contributed by atoms with Gasteiger partial charge in [0.1, 0.15) is 5.75 Å². The molecule has 0 amide bonds. The number of carbonyl (C=O) groups excluding carboxylic acids is 1. The smallest absolute Gasteiger partial charge is 0.337 e. The van der Waals surface area contributed by atoms with Crippen molar-refractivity contribution < 1.29 is 14.3 Å². The first-order valence-corrected chi connectivity index (χ1v) is 11.6. The molecular formula is C23H22N2O4S2. The molecule has 0 saturated heterocycles. The topological polar surface area (TPSA) is 70.4 Å². The highest BCUT2D eigenvalue weighted by Crippen LogP contribution is 2.35. The lowest BCUT2D eigenvalue weighted by Crippen LogP contribution is -2.23. The highest BCUT2D eigenvalue weighted by molar-refractivity contribution is 8.00. The van der Waals surface area contributed by atoms with Gasteiger partial charge in [-0.25, -0.2) is 9.78 Å². The Balaban J connectivity index is 1.67. The average molecular weight is 455 g/mol. The minimum Gasteiger partial charge on any atom is -0.497 e. The fourth-order valence-electron chi connectivity index (χ4n) is 3.36. The Bertz CT molecular complexity index is 1160. The Kier molecular flexibility index (Phi) is 6.38. The number of nitrogens with zero attached hydrogens (tertiary/aromatic N) is 2. The molecule has 6 nitrogen and oxygen atoms in total. The second kappa shape index (κ2) is 9.20. The van der Waals surface area contributed by atoms with Crippen LogP contribution in [-0.2, 0) is 16.9 Å². The molecule has 1 atom stereocenters. The number of methoxy groups -OCH3 is 2. The van der Waals surface area contributed by atoms with Gasteiger partial charge in [0, 0.05) is 17.4 Å². The lowest BCUT2D eigenvalue weighted by atomic mass is 10.1. The van der Waals surface area contributed by atoms with Crippen molar-refractivity contribution in [1.29, 1.82) is 0 Å². The van der Waals surface area contributed by atoms with Gasteiger partial charge >= 0.3 is 5.97 Å². The first-order chi connectivity index (χ1) is 15.0. The van der Waals surface area contributed by atoms with Gasteiger partial charge in [0.15, 0.2) is 5.16 Å². The molecule has 0 saturated carbocycles. The van der Waals surface area contributed by atoms with Crippen molar-refractivity contribution in [3.63, 3.8) is 0 Å². The van der Waals surface area contributed by atoms with E-state index in [1.807, 2.05) is 36.4 Å². The number of benzene rings is 2. The second-order valence-electron chi connectivity index (χ2n) is 7.12. The van der Waals surface area contributed by atoms with Crippen LogP contribution in [0.5, 0.6) is 5.75 Å². The summed E-state index contributed by atoms with van der Waals surface area (Å²) in [5.41, 5.74) is 3.12. The summed E-state index contributed by atoms with van der Waals surface area (Å²) in [5, 5.41) is 0.992. The number of ether oxygens (including phenoxy) is 2. The highest BCUT2D eigenvalue weighted by Gasteiger charge is 2.26. The van der Waals surface area contributed by atoms with E-state index in [2.05, 4.69) is 6.92 Å². The molecule has 160 valence electrons. The average Bonchev–Trinajstić information content (AvgIpc) is 3.18. The number of fused-ring (bicyclic) bond motifs is 1. The third kappa shape index (κ3) is 4.50. The number of carbonyl (C=O) groups is 1. The fourth-order valence-corrected chi connectivity index (χ4v) is 5.44. The summed E-state index contributed by atoms with van der Waals surface area (Å²) in [6.07, 6.45) is 0.792. The van der Waals surface area contributed by atoms with Crippen LogP contribution in [0.1, 0.15) is 28.5 Å². The maximum absolute atomic E-state index is 13.4. The number of rotatable bonds is 6. The maximum atomic E-state index is 13.4. The molecule has 4 rings (SSSR count). The molecule has 0 bridgehead atoms. The molecule has 2 aromatic carbocycles. The molecule has 3 aromatic rings. The summed E-state index contributed by atoms with van der Waals surface area (Å²) in [7, 11) is 2.98. The number of thioether (sulfide) groups is 2. The Labute approximate surface area is 189 Å². The van der Waals surface area contributed by atoms with E-state index in [0.29, 0.717) is 21.7 Å². The predicted octanol–water partition coefficient (Wildman–Crippen LogP) is 4.36. The van der Waals surface area contributed by atoms with Crippen LogP contribution in [0.4, 0.5) is 0 Å². The van der Waals surface area contributed by atoms with Crippen LogP contribution in [0, 0.1) is 0 Å². The van der Waals surface area contributed by atoms with E-state index >= 15 is 0 Å². The fraction of sp³-hybridized carbons (Fsp3) is 0.261. The van der Waals surface area contributed by atoms with E-state index in [-0.39, 0.29) is 11.5 Å². The SMILES string of the molecule is COC(=O)c1ccc(CSc2nc3c(c(=O)n2-c2ccc(OC)cc2)SC(C)C3)cc1. The summed E-state index contributed by atoms with van der Waals surface area (Å²) in [5.74, 6) is 0.985. The second-order valence-corrected chi connectivity index (χ2v) is 9.51. The molecular weight excluding hydrogens is 432 g/mol. The third-order valence-electron chi connectivity index (χ3n) is 4.95. The Hall–Kier alpha value is -2.71. The van der Waals surface area contributed by atoms with E-state index in [4.69, 9.17) is 14.5 Å². The van der Waals surface area contributed by atoms with Crippen molar-refractivity contribution in [2.24, 2.45) is 0 Å². The Morgan fingerprint density at radius 2 is 1.87 bits per heavy atom. The molecule has 8 heteroatoms. The summed E-state index contributed by atoms with van der Waals surface area (Å²) in [6, 6.07) is 14.7. The van der Waals surface area contributed by atoms with Gasteiger partial charge in [-0.15, -0.1) is 11.8 Å². The molecule has 1 aliphatic rings. The standard InChI is InChI=1S/C23H22N2O4S2/c1-14-12-19-20(31-14)21(26)25(17-8-10-18(28-2)11-9-17)23(24-19)30-13-15-4-6-16(7-5-15)22(27)29-3/h4-11,14H,12-13H2,1-3H3. The van der Waals surface area contributed by atoms with Gasteiger partial charge in [0.2, 0.25) is 0 Å². The number of esters is 1. The van der Waals surface area contributed by atoms with E-state index in [1.165, 1.54) is 18.9 Å². The van der Waals surface area contributed by atoms with E-state index < -0.39 is 0 Å². The Morgan fingerprint density at radius 1 is 1.16 bits per heavy atom. The number of hydrogen-bond acceptors (Lipinski definition) is 7. The molecule has 1 aromatic heterocycles. The van der Waals surface area contributed by atoms with Gasteiger partial charge in [0.05, 0.1) is 36.1 Å². The maximum Gasteiger partial charge on any atom is 0.337 e. The minimum absolute atomic E-state index is 0.0342. The first-order valence-electron chi connectivity index (χ1n) is 9.77. The minimum atomic E-state index is -0.362. The van der Waals surface area contributed by atoms with Crippen molar-refractivity contribution in [2.75, 3.05) is 14.2 Å². The molecule has 2 heterocycles. The summed E-state index contributed by atoms with van der Waals surface area (Å²) < 4.78 is 11.7. The monoisotopic (exact) mass is 454 g/mol. The zero-order valence-electron chi connectivity index (χ0n) is 17.5. The van der Waals surface area contributed by atoms with Crippen LogP contribution in [0.15, 0.2) is 63.4 Å². The van der Waals surface area contributed by atoms with Crippen molar-refractivity contribution in [1.82, 2.24) is 9.55 Å². The lowest BCUT2D eigenvalue weighted by molar-refractivity contribution is 0.0600. The quantitative estimate of drug-likeness (QED) is 0.311. The van der Waals surface area contributed by atoms with Crippen LogP contribution in [0.25, 0.3) is 5.69 Å². The largest absolute Gasteiger partial charge is 0.497 e. The first kappa shape index (κ1) is 21.5. The van der Waals surface area contributed by atoms with Crippen LogP contribution >= 0.6 is 23.5 Å².